The van der Waals surface area contributed by atoms with Gasteiger partial charge >= 0.3 is 0 Å². The molecule has 1 aliphatic rings. The van der Waals surface area contributed by atoms with Crippen LogP contribution in [0.2, 0.25) is 5.02 Å². The van der Waals surface area contributed by atoms with E-state index in [2.05, 4.69) is 25.7 Å². The number of likely N-dealkylation sites (N-methyl/N-ethyl adjacent to an activating group) is 1. The number of aromatic nitrogens is 4. The third-order valence-corrected chi connectivity index (χ3v) is 6.91. The molecule has 1 saturated heterocycles. The lowest BCUT2D eigenvalue weighted by Gasteiger charge is -2.33. The fourth-order valence-electron chi connectivity index (χ4n) is 4.31. The number of halogens is 1. The number of nitrogens with one attached hydrogen (secondary N) is 1. The zero-order valence-corrected chi connectivity index (χ0v) is 23.0. The van der Waals surface area contributed by atoms with Crippen LogP contribution in [-0.2, 0) is 20.8 Å². The molecule has 208 valence electrons. The quantitative estimate of drug-likeness (QED) is 0.293. The highest BCUT2D eigenvalue weighted by Crippen LogP contribution is 2.20. The van der Waals surface area contributed by atoms with Crippen LogP contribution in [0.15, 0.2) is 54.9 Å². The van der Waals surface area contributed by atoms with Gasteiger partial charge in [0.1, 0.15) is 6.33 Å². The number of carbonyl (C=O) groups excluding carboxylic acids is 4. The van der Waals surface area contributed by atoms with Gasteiger partial charge in [0, 0.05) is 54.8 Å². The van der Waals surface area contributed by atoms with E-state index in [1.54, 1.807) is 53.4 Å². The topological polar surface area (TPSA) is 130 Å². The molecule has 2 amide bonds. The maximum absolute atomic E-state index is 13.3. The highest BCUT2D eigenvalue weighted by atomic mass is 35.5. The first kappa shape index (κ1) is 28.8. The number of nitrogens with zero attached hydrogens (tertiary/aromatic N) is 6. The van der Waals surface area contributed by atoms with E-state index in [9.17, 15) is 19.2 Å². The molecule has 0 unspecified atom stereocenters. The fourth-order valence-corrected chi connectivity index (χ4v) is 4.49. The average molecular weight is 564 g/mol. The third-order valence-electron chi connectivity index (χ3n) is 6.68. The van der Waals surface area contributed by atoms with E-state index in [4.69, 9.17) is 11.6 Å². The molecule has 1 atom stereocenters. The van der Waals surface area contributed by atoms with Crippen LogP contribution in [0.1, 0.15) is 34.8 Å². The summed E-state index contributed by atoms with van der Waals surface area (Å²) in [5, 5.41) is 14.3. The van der Waals surface area contributed by atoms with Crippen LogP contribution in [0, 0.1) is 0 Å². The second kappa shape index (κ2) is 13.2. The van der Waals surface area contributed by atoms with Gasteiger partial charge in [-0.15, -0.1) is 5.10 Å². The summed E-state index contributed by atoms with van der Waals surface area (Å²) in [4.78, 5) is 54.8. The van der Waals surface area contributed by atoms with Crippen LogP contribution in [0.5, 0.6) is 0 Å². The summed E-state index contributed by atoms with van der Waals surface area (Å²) in [7, 11) is 1.99. The molecule has 4 rings (SSSR count). The van der Waals surface area contributed by atoms with E-state index in [0.717, 1.165) is 13.1 Å². The summed E-state index contributed by atoms with van der Waals surface area (Å²) in [5.41, 5.74) is 2.41. The van der Waals surface area contributed by atoms with Crippen LogP contribution in [0.3, 0.4) is 0 Å². The summed E-state index contributed by atoms with van der Waals surface area (Å²) in [6, 6.07) is 10.7. The van der Waals surface area contributed by atoms with E-state index in [0.29, 0.717) is 40.5 Å². The Labute approximate surface area is 236 Å². The Morgan fingerprint density at radius 3 is 2.42 bits per heavy atom. The first-order valence-electron chi connectivity index (χ1n) is 12.8. The van der Waals surface area contributed by atoms with Gasteiger partial charge in [-0.2, -0.15) is 4.68 Å². The van der Waals surface area contributed by atoms with Crippen molar-refractivity contribution in [2.24, 2.45) is 0 Å². The van der Waals surface area contributed by atoms with E-state index < -0.39 is 11.9 Å². The van der Waals surface area contributed by atoms with Gasteiger partial charge in [-0.1, -0.05) is 35.9 Å². The van der Waals surface area contributed by atoms with Crippen molar-refractivity contribution >= 4 is 41.1 Å². The summed E-state index contributed by atoms with van der Waals surface area (Å²) in [6.45, 7) is 4.07. The molecule has 1 fully saturated rings. The van der Waals surface area contributed by atoms with Crippen LogP contribution >= 0.6 is 11.6 Å². The molecule has 0 spiro atoms. The van der Waals surface area contributed by atoms with Gasteiger partial charge in [0.05, 0.1) is 18.2 Å². The number of ketones is 2. The van der Waals surface area contributed by atoms with Crippen molar-refractivity contribution in [3.63, 3.8) is 0 Å². The van der Waals surface area contributed by atoms with Gasteiger partial charge in [0.25, 0.3) is 0 Å². The molecule has 11 nitrogen and oxygen atoms in total. The van der Waals surface area contributed by atoms with Crippen LogP contribution in [-0.4, -0.2) is 92.7 Å². The molecule has 1 aromatic heterocycles. The summed E-state index contributed by atoms with van der Waals surface area (Å²) < 4.78 is 1.44. The molecule has 2 heterocycles. The molecule has 0 bridgehead atoms. The van der Waals surface area contributed by atoms with Crippen LogP contribution in [0.4, 0.5) is 0 Å². The van der Waals surface area contributed by atoms with E-state index in [1.807, 2.05) is 7.05 Å². The highest BCUT2D eigenvalue weighted by molar-refractivity contribution is 6.30. The third kappa shape index (κ3) is 7.67. The Balaban J connectivity index is 1.50. The first-order chi connectivity index (χ1) is 19.2. The lowest BCUT2D eigenvalue weighted by Crippen LogP contribution is -2.50. The molecule has 12 heteroatoms. The second-order valence-corrected chi connectivity index (χ2v) is 10.1. The summed E-state index contributed by atoms with van der Waals surface area (Å²) in [6.07, 6.45) is 4.09. The Kier molecular flexibility index (Phi) is 9.52. The second-order valence-electron chi connectivity index (χ2n) is 9.64. The number of hydrogen-bond donors (Lipinski definition) is 1. The maximum atomic E-state index is 13.3. The molecule has 3 aromatic rings. The lowest BCUT2D eigenvalue weighted by atomic mass is 9.99. The Hall–Kier alpha value is -4.22. The van der Waals surface area contributed by atoms with E-state index in [-0.39, 0.29) is 30.3 Å². The largest absolute Gasteiger partial charge is 0.342 e. The smallest absolute Gasteiger partial charge is 0.244 e. The minimum atomic E-state index is -1.03. The van der Waals surface area contributed by atoms with Gasteiger partial charge in [0.2, 0.25) is 11.8 Å². The summed E-state index contributed by atoms with van der Waals surface area (Å²) >= 11 is 6.16. The average Bonchev–Trinajstić information content (AvgIpc) is 3.47. The van der Waals surface area contributed by atoms with E-state index in [1.165, 1.54) is 24.0 Å². The number of rotatable bonds is 10. The number of piperazine rings is 1. The number of carbonyl (C=O) groups is 4. The van der Waals surface area contributed by atoms with Gasteiger partial charge in [-0.3, -0.25) is 19.2 Å². The van der Waals surface area contributed by atoms with Crippen molar-refractivity contribution in [1.82, 2.24) is 35.3 Å². The minimum absolute atomic E-state index is 0.000599. The number of benzene rings is 2. The maximum Gasteiger partial charge on any atom is 0.244 e. The number of Topliss-reactive ketones (excluding diaryl/α,β-unsaturated/α-hetero) is 2. The molecule has 0 radical (unpaired) electrons. The molecule has 0 aliphatic carbocycles. The summed E-state index contributed by atoms with van der Waals surface area (Å²) in [5.74, 6) is -1.12. The molecular formula is C28H30ClN7O4. The van der Waals surface area contributed by atoms with Gasteiger partial charge in [0.15, 0.2) is 11.6 Å². The SMILES string of the molecule is CC(=O)c1ccc(CC(=O)[C@H](CC(=O)N2CCN(C)CC2)NC(=O)/C=C/c2cc(Cl)ccc2-n2cnnn2)cc1. The monoisotopic (exact) mass is 563 g/mol. The number of tetrazole rings is 1. The Bertz CT molecular complexity index is 1400. The van der Waals surface area contributed by atoms with Crippen LogP contribution in [0.25, 0.3) is 11.8 Å². The van der Waals surface area contributed by atoms with Gasteiger partial charge in [-0.05, 0) is 54.2 Å². The Morgan fingerprint density at radius 2 is 1.77 bits per heavy atom. The minimum Gasteiger partial charge on any atom is -0.342 e. The van der Waals surface area contributed by atoms with Crippen molar-refractivity contribution in [3.8, 4) is 5.69 Å². The van der Waals surface area contributed by atoms with Gasteiger partial charge in [-0.25, -0.2) is 0 Å². The number of amides is 2. The number of hydrogen-bond acceptors (Lipinski definition) is 8. The standard InChI is InChI=1S/C28H30ClN7O4/c1-19(37)21-5-3-20(4-6-21)15-26(38)24(17-28(40)35-13-11-34(2)12-14-35)31-27(39)10-7-22-16-23(29)8-9-25(22)36-18-30-32-33-36/h3-10,16,18,24H,11-15,17H2,1-2H3,(H,31,39)/b10-7+/t24-/m0/s1. The van der Waals surface area contributed by atoms with Crippen molar-refractivity contribution < 1.29 is 19.2 Å². The molecule has 0 saturated carbocycles. The lowest BCUT2D eigenvalue weighted by molar-refractivity contribution is -0.136. The normalized spacial score (nSPS) is 14.7. The Morgan fingerprint density at radius 1 is 1.05 bits per heavy atom. The fraction of sp³-hybridized carbons (Fsp3) is 0.321. The van der Waals surface area contributed by atoms with Gasteiger partial charge < -0.3 is 15.1 Å². The first-order valence-corrected chi connectivity index (χ1v) is 13.2. The van der Waals surface area contributed by atoms with Crippen molar-refractivity contribution in [2.45, 2.75) is 25.8 Å². The molecule has 2 aromatic carbocycles. The molecule has 1 N–H and O–H groups in total. The van der Waals surface area contributed by atoms with Crippen molar-refractivity contribution in [3.05, 3.63) is 76.6 Å². The molecular weight excluding hydrogens is 534 g/mol. The molecule has 1 aliphatic heterocycles. The van der Waals surface area contributed by atoms with Crippen molar-refractivity contribution in [1.29, 1.82) is 0 Å². The predicted octanol–water partition coefficient (Wildman–Crippen LogP) is 1.99. The van der Waals surface area contributed by atoms with Crippen molar-refractivity contribution in [2.75, 3.05) is 33.2 Å². The predicted molar refractivity (Wildman–Crippen MR) is 149 cm³/mol. The highest BCUT2D eigenvalue weighted by Gasteiger charge is 2.27. The van der Waals surface area contributed by atoms with E-state index >= 15 is 0 Å². The zero-order chi connectivity index (χ0) is 28.6. The zero-order valence-electron chi connectivity index (χ0n) is 22.3. The molecule has 40 heavy (non-hydrogen) atoms. The van der Waals surface area contributed by atoms with Crippen LogP contribution < -0.4 is 5.32 Å².